The molecule has 0 aromatic carbocycles. The summed E-state index contributed by atoms with van der Waals surface area (Å²) in [7, 11) is 0. The van der Waals surface area contributed by atoms with Crippen LogP contribution >= 0.6 is 11.3 Å². The maximum atomic E-state index is 5.62. The normalized spacial score (nSPS) is 11.6. The Labute approximate surface area is 115 Å². The van der Waals surface area contributed by atoms with Crippen LogP contribution in [-0.2, 0) is 6.54 Å². The molecule has 0 aliphatic heterocycles. The molecule has 3 heterocycles. The van der Waals surface area contributed by atoms with Gasteiger partial charge in [-0.25, -0.2) is 15.0 Å². The number of thiazole rings is 1. The number of pyridine rings is 1. The van der Waals surface area contributed by atoms with Crippen molar-refractivity contribution in [1.82, 2.24) is 19.5 Å². The summed E-state index contributed by atoms with van der Waals surface area (Å²) in [6, 6.07) is 4.15. The molecule has 6 heteroatoms. The van der Waals surface area contributed by atoms with E-state index in [-0.39, 0.29) is 6.04 Å². The highest BCUT2D eigenvalue weighted by Gasteiger charge is 2.17. The molecule has 0 radical (unpaired) electrons. The highest BCUT2D eigenvalue weighted by molar-refractivity contribution is 7.09. The predicted molar refractivity (Wildman–Crippen MR) is 76.9 cm³/mol. The van der Waals surface area contributed by atoms with E-state index >= 15 is 0 Å². The van der Waals surface area contributed by atoms with Crippen LogP contribution in [0.5, 0.6) is 0 Å². The molecule has 0 spiro atoms. The minimum absolute atomic E-state index is 0.276. The van der Waals surface area contributed by atoms with Crippen molar-refractivity contribution in [2.75, 3.05) is 0 Å². The van der Waals surface area contributed by atoms with Gasteiger partial charge in [0.15, 0.2) is 11.5 Å². The minimum Gasteiger partial charge on any atom is -0.325 e. The van der Waals surface area contributed by atoms with Gasteiger partial charge in [0.25, 0.3) is 0 Å². The van der Waals surface area contributed by atoms with Gasteiger partial charge in [-0.05, 0) is 26.0 Å². The van der Waals surface area contributed by atoms with Gasteiger partial charge >= 0.3 is 0 Å². The topological polar surface area (TPSA) is 69.6 Å². The van der Waals surface area contributed by atoms with Gasteiger partial charge in [0.05, 0.1) is 0 Å². The second-order valence-corrected chi connectivity index (χ2v) is 5.52. The molecule has 0 aliphatic carbocycles. The molecule has 3 rings (SSSR count). The largest absolute Gasteiger partial charge is 0.325 e. The Hall–Kier alpha value is -1.79. The van der Waals surface area contributed by atoms with Crippen LogP contribution in [0.15, 0.2) is 23.7 Å². The lowest BCUT2D eigenvalue weighted by atomic mass is 10.3. The van der Waals surface area contributed by atoms with Crippen molar-refractivity contribution in [2.24, 2.45) is 5.73 Å². The Bertz CT molecular complexity index is 713. The molecular weight excluding hydrogens is 258 g/mol. The fraction of sp³-hybridized carbons (Fsp3) is 0.308. The molecule has 19 heavy (non-hydrogen) atoms. The van der Waals surface area contributed by atoms with Gasteiger partial charge in [0, 0.05) is 24.2 Å². The smallest absolute Gasteiger partial charge is 0.162 e. The Morgan fingerprint density at radius 1 is 1.37 bits per heavy atom. The fourth-order valence-corrected chi connectivity index (χ4v) is 2.76. The number of hydrogen-bond donors (Lipinski definition) is 1. The summed E-state index contributed by atoms with van der Waals surface area (Å²) in [6.07, 6.45) is 1.79. The van der Waals surface area contributed by atoms with E-state index in [9.17, 15) is 0 Å². The van der Waals surface area contributed by atoms with E-state index in [0.717, 1.165) is 27.7 Å². The monoisotopic (exact) mass is 273 g/mol. The van der Waals surface area contributed by atoms with E-state index in [0.29, 0.717) is 6.54 Å². The SMILES string of the molecule is CC(C)n1c(-c2csc(CN)n2)nc2cccnc21. The third-order valence-electron chi connectivity index (χ3n) is 2.92. The Kier molecular flexibility index (Phi) is 3.04. The fourth-order valence-electron chi connectivity index (χ4n) is 2.11. The van der Waals surface area contributed by atoms with Crippen molar-refractivity contribution < 1.29 is 0 Å². The van der Waals surface area contributed by atoms with Crippen LogP contribution in [0.1, 0.15) is 24.9 Å². The highest BCUT2D eigenvalue weighted by atomic mass is 32.1. The molecule has 0 amide bonds. The van der Waals surface area contributed by atoms with Crippen LogP contribution in [0.25, 0.3) is 22.7 Å². The zero-order valence-electron chi connectivity index (χ0n) is 10.9. The lowest BCUT2D eigenvalue weighted by molar-refractivity contribution is 0.618. The lowest BCUT2D eigenvalue weighted by Crippen LogP contribution is -2.04. The standard InChI is InChI=1S/C13H15N5S/c1-8(2)18-12-9(4-3-5-15-12)17-13(18)10-7-19-11(6-14)16-10/h3-5,7-8H,6,14H2,1-2H3. The highest BCUT2D eigenvalue weighted by Crippen LogP contribution is 2.27. The lowest BCUT2D eigenvalue weighted by Gasteiger charge is -2.10. The van der Waals surface area contributed by atoms with Gasteiger partial charge in [-0.1, -0.05) is 0 Å². The summed E-state index contributed by atoms with van der Waals surface area (Å²) in [4.78, 5) is 13.6. The van der Waals surface area contributed by atoms with Crippen molar-refractivity contribution in [3.8, 4) is 11.5 Å². The van der Waals surface area contributed by atoms with E-state index in [4.69, 9.17) is 5.73 Å². The summed E-state index contributed by atoms with van der Waals surface area (Å²) in [6.45, 7) is 4.70. The maximum absolute atomic E-state index is 5.62. The van der Waals surface area contributed by atoms with Crippen LogP contribution in [0.2, 0.25) is 0 Å². The van der Waals surface area contributed by atoms with E-state index in [1.807, 2.05) is 17.5 Å². The van der Waals surface area contributed by atoms with E-state index in [1.165, 1.54) is 0 Å². The number of nitrogens with zero attached hydrogens (tertiary/aromatic N) is 4. The van der Waals surface area contributed by atoms with E-state index in [1.54, 1.807) is 17.5 Å². The third kappa shape index (κ3) is 2.02. The molecule has 98 valence electrons. The van der Waals surface area contributed by atoms with Crippen molar-refractivity contribution in [2.45, 2.75) is 26.4 Å². The summed E-state index contributed by atoms with van der Waals surface area (Å²) in [5.41, 5.74) is 8.29. The summed E-state index contributed by atoms with van der Waals surface area (Å²) in [5, 5.41) is 2.92. The maximum Gasteiger partial charge on any atom is 0.162 e. The Morgan fingerprint density at radius 2 is 2.21 bits per heavy atom. The molecule has 0 fully saturated rings. The zero-order valence-corrected chi connectivity index (χ0v) is 11.7. The molecule has 3 aromatic heterocycles. The zero-order chi connectivity index (χ0) is 13.4. The Morgan fingerprint density at radius 3 is 2.89 bits per heavy atom. The Balaban J connectivity index is 2.24. The number of rotatable bonds is 3. The molecule has 0 bridgehead atoms. The van der Waals surface area contributed by atoms with Crippen LogP contribution in [0, 0.1) is 0 Å². The summed E-state index contributed by atoms with van der Waals surface area (Å²) >= 11 is 1.56. The number of aromatic nitrogens is 4. The van der Waals surface area contributed by atoms with Crippen molar-refractivity contribution >= 4 is 22.5 Å². The number of fused-ring (bicyclic) bond motifs is 1. The molecule has 0 aliphatic rings. The molecular formula is C13H15N5S. The number of imidazole rings is 1. The van der Waals surface area contributed by atoms with Gasteiger partial charge in [-0.3, -0.25) is 0 Å². The molecule has 0 atom stereocenters. The van der Waals surface area contributed by atoms with Crippen molar-refractivity contribution in [3.05, 3.63) is 28.7 Å². The average Bonchev–Trinajstić information content (AvgIpc) is 3.02. The molecule has 2 N–H and O–H groups in total. The van der Waals surface area contributed by atoms with Crippen LogP contribution in [0.4, 0.5) is 0 Å². The first-order valence-corrected chi connectivity index (χ1v) is 7.06. The molecule has 0 saturated heterocycles. The second-order valence-electron chi connectivity index (χ2n) is 4.58. The minimum atomic E-state index is 0.276. The van der Waals surface area contributed by atoms with Gasteiger partial charge in [0.2, 0.25) is 0 Å². The molecule has 3 aromatic rings. The van der Waals surface area contributed by atoms with Gasteiger partial charge in [-0.2, -0.15) is 0 Å². The third-order valence-corrected chi connectivity index (χ3v) is 3.79. The summed E-state index contributed by atoms with van der Waals surface area (Å²) < 4.78 is 2.12. The van der Waals surface area contributed by atoms with Gasteiger partial charge in [-0.15, -0.1) is 11.3 Å². The first-order valence-electron chi connectivity index (χ1n) is 6.18. The molecule has 0 saturated carbocycles. The first kappa shape index (κ1) is 12.3. The van der Waals surface area contributed by atoms with Gasteiger partial charge in [0.1, 0.15) is 16.2 Å². The van der Waals surface area contributed by atoms with E-state index < -0.39 is 0 Å². The number of nitrogens with two attached hydrogens (primary N) is 1. The number of hydrogen-bond acceptors (Lipinski definition) is 5. The quantitative estimate of drug-likeness (QED) is 0.796. The van der Waals surface area contributed by atoms with Crippen LogP contribution in [-0.4, -0.2) is 19.5 Å². The summed E-state index contributed by atoms with van der Waals surface area (Å²) in [5.74, 6) is 0.861. The molecule has 5 nitrogen and oxygen atoms in total. The second kappa shape index (κ2) is 4.71. The predicted octanol–water partition coefficient (Wildman–Crippen LogP) is 2.59. The van der Waals surface area contributed by atoms with Crippen LogP contribution < -0.4 is 5.73 Å². The average molecular weight is 273 g/mol. The van der Waals surface area contributed by atoms with Crippen molar-refractivity contribution in [1.29, 1.82) is 0 Å². The molecule has 0 unspecified atom stereocenters. The van der Waals surface area contributed by atoms with Gasteiger partial charge < -0.3 is 10.3 Å². The van der Waals surface area contributed by atoms with E-state index in [2.05, 4.69) is 33.4 Å². The van der Waals surface area contributed by atoms with Crippen LogP contribution in [0.3, 0.4) is 0 Å². The first-order chi connectivity index (χ1) is 9.20. The van der Waals surface area contributed by atoms with Crippen molar-refractivity contribution in [3.63, 3.8) is 0 Å².